The van der Waals surface area contributed by atoms with Gasteiger partial charge in [0.15, 0.2) is 9.84 Å². The summed E-state index contributed by atoms with van der Waals surface area (Å²) in [4.78, 5) is 12.3. The van der Waals surface area contributed by atoms with Crippen LogP contribution in [-0.2, 0) is 14.6 Å². The van der Waals surface area contributed by atoms with E-state index in [-0.39, 0.29) is 10.4 Å². The third kappa shape index (κ3) is 3.62. The predicted octanol–water partition coefficient (Wildman–Crippen LogP) is 2.42. The van der Waals surface area contributed by atoms with Crippen molar-refractivity contribution in [2.45, 2.75) is 11.8 Å². The Kier molecular flexibility index (Phi) is 4.69. The van der Waals surface area contributed by atoms with Crippen molar-refractivity contribution in [2.75, 3.05) is 18.2 Å². The smallest absolute Gasteiger partial charge is 0.240 e. The zero-order valence-corrected chi connectivity index (χ0v) is 15.1. The molecule has 0 aliphatic carbocycles. The maximum atomic E-state index is 12.6. The van der Waals surface area contributed by atoms with Crippen molar-refractivity contribution in [2.24, 2.45) is 0 Å². The Morgan fingerprint density at radius 2 is 2.04 bits per heavy atom. The molecule has 0 aliphatic rings. The number of sulfone groups is 1. The number of amides is 1. The second-order valence-corrected chi connectivity index (χ2v) is 7.89. The molecular weight excluding hydrogens is 362 g/mol. The fourth-order valence-corrected chi connectivity index (χ4v) is 4.30. The third-order valence-corrected chi connectivity index (χ3v) is 5.72. The van der Waals surface area contributed by atoms with Crippen molar-refractivity contribution < 1.29 is 17.9 Å². The highest BCUT2D eigenvalue weighted by molar-refractivity contribution is 7.92. The van der Waals surface area contributed by atoms with Gasteiger partial charge in [-0.1, -0.05) is 12.1 Å². The Labute approximate surface area is 148 Å². The van der Waals surface area contributed by atoms with Crippen molar-refractivity contribution in [1.29, 1.82) is 0 Å². The Bertz CT molecular complexity index is 1040. The van der Waals surface area contributed by atoms with Crippen LogP contribution >= 0.6 is 11.7 Å². The van der Waals surface area contributed by atoms with Crippen molar-refractivity contribution in [3.05, 3.63) is 42.0 Å². The van der Waals surface area contributed by atoms with E-state index in [9.17, 15) is 13.2 Å². The summed E-state index contributed by atoms with van der Waals surface area (Å²) in [6.07, 6.45) is 0. The molecule has 0 aliphatic heterocycles. The first-order valence-corrected chi connectivity index (χ1v) is 9.67. The van der Waals surface area contributed by atoms with Gasteiger partial charge in [0.25, 0.3) is 0 Å². The van der Waals surface area contributed by atoms with E-state index in [1.807, 2.05) is 13.0 Å². The number of hydrogen-bond acceptors (Lipinski definition) is 7. The van der Waals surface area contributed by atoms with Crippen molar-refractivity contribution in [3.63, 3.8) is 0 Å². The number of aryl methyl sites for hydroxylation is 1. The van der Waals surface area contributed by atoms with Crippen LogP contribution in [-0.4, -0.2) is 35.9 Å². The van der Waals surface area contributed by atoms with Gasteiger partial charge < -0.3 is 10.1 Å². The van der Waals surface area contributed by atoms with Gasteiger partial charge in [0, 0.05) is 0 Å². The molecule has 1 N–H and O–H groups in total. The molecule has 2 aromatic carbocycles. The van der Waals surface area contributed by atoms with E-state index >= 15 is 0 Å². The molecule has 1 aromatic heterocycles. The molecule has 0 saturated heterocycles. The number of methoxy groups -OCH3 is 1. The number of carbonyl (C=O) groups is 1. The first kappa shape index (κ1) is 17.3. The molecule has 0 unspecified atom stereocenters. The lowest BCUT2D eigenvalue weighted by atomic mass is 10.2. The van der Waals surface area contributed by atoms with Crippen LogP contribution in [0.4, 0.5) is 5.69 Å². The molecule has 0 radical (unpaired) electrons. The minimum absolute atomic E-state index is 0.00473. The van der Waals surface area contributed by atoms with Gasteiger partial charge in [0.2, 0.25) is 5.91 Å². The molecular formula is C16H15N3O4S2. The number of benzene rings is 2. The number of nitrogens with one attached hydrogen (secondary N) is 1. The molecule has 7 nitrogen and oxygen atoms in total. The molecule has 0 atom stereocenters. The number of aromatic nitrogens is 2. The second kappa shape index (κ2) is 6.77. The number of fused-ring (bicyclic) bond motifs is 1. The fraction of sp³-hybridized carbons (Fsp3) is 0.188. The van der Waals surface area contributed by atoms with Crippen LogP contribution < -0.4 is 10.1 Å². The van der Waals surface area contributed by atoms with Gasteiger partial charge in [-0.15, -0.1) is 0 Å². The van der Waals surface area contributed by atoms with Gasteiger partial charge in [0.05, 0.1) is 29.4 Å². The van der Waals surface area contributed by atoms with Gasteiger partial charge in [-0.05, 0) is 36.8 Å². The third-order valence-electron chi connectivity index (χ3n) is 3.53. The minimum atomic E-state index is -3.85. The summed E-state index contributed by atoms with van der Waals surface area (Å²) in [7, 11) is -2.38. The van der Waals surface area contributed by atoms with E-state index in [1.165, 1.54) is 13.2 Å². The molecule has 25 heavy (non-hydrogen) atoms. The maximum Gasteiger partial charge on any atom is 0.240 e. The quantitative estimate of drug-likeness (QED) is 0.733. The zero-order chi connectivity index (χ0) is 18.0. The number of nitrogens with zero attached hydrogens (tertiary/aromatic N) is 2. The largest absolute Gasteiger partial charge is 0.495 e. The standard InChI is InChI=1S/C16H15N3O4S2/c1-10-6-7-13(23-2)12(8-10)17-15(20)9-25(21,22)14-5-3-4-11-16(14)19-24-18-11/h3-8H,9H2,1-2H3,(H,17,20). The maximum absolute atomic E-state index is 12.6. The van der Waals surface area contributed by atoms with E-state index in [1.54, 1.807) is 24.3 Å². The lowest BCUT2D eigenvalue weighted by Crippen LogP contribution is -2.23. The molecule has 130 valence electrons. The van der Waals surface area contributed by atoms with Crippen molar-refractivity contribution in [3.8, 4) is 5.75 Å². The number of rotatable bonds is 5. The highest BCUT2D eigenvalue weighted by Crippen LogP contribution is 2.26. The summed E-state index contributed by atoms with van der Waals surface area (Å²) in [6.45, 7) is 1.86. The molecule has 0 saturated carbocycles. The summed E-state index contributed by atoms with van der Waals surface area (Å²) in [5.74, 6) is -0.882. The Morgan fingerprint density at radius 3 is 2.80 bits per heavy atom. The van der Waals surface area contributed by atoms with Crippen LogP contribution in [0.1, 0.15) is 5.56 Å². The van der Waals surface area contributed by atoms with E-state index in [4.69, 9.17) is 4.74 Å². The lowest BCUT2D eigenvalue weighted by Gasteiger charge is -2.11. The molecule has 9 heteroatoms. The fourth-order valence-electron chi connectivity index (χ4n) is 2.39. The molecule has 1 amide bonds. The topological polar surface area (TPSA) is 98.2 Å². The summed E-state index contributed by atoms with van der Waals surface area (Å²) in [5.41, 5.74) is 2.12. The van der Waals surface area contributed by atoms with Gasteiger partial charge >= 0.3 is 0 Å². The Balaban J connectivity index is 1.85. The average Bonchev–Trinajstić information content (AvgIpc) is 3.02. The summed E-state index contributed by atoms with van der Waals surface area (Å²) in [6, 6.07) is 9.95. The van der Waals surface area contributed by atoms with Gasteiger partial charge in [-0.3, -0.25) is 4.79 Å². The van der Waals surface area contributed by atoms with Crippen LogP contribution in [0.25, 0.3) is 11.0 Å². The number of carbonyl (C=O) groups excluding carboxylic acids is 1. The first-order valence-electron chi connectivity index (χ1n) is 7.29. The van der Waals surface area contributed by atoms with Crippen LogP contribution in [0.3, 0.4) is 0 Å². The average molecular weight is 377 g/mol. The Morgan fingerprint density at radius 1 is 1.24 bits per heavy atom. The SMILES string of the molecule is COc1ccc(C)cc1NC(=O)CS(=O)(=O)c1cccc2nsnc12. The van der Waals surface area contributed by atoms with Crippen LogP contribution in [0.5, 0.6) is 5.75 Å². The van der Waals surface area contributed by atoms with Crippen LogP contribution in [0.15, 0.2) is 41.3 Å². The number of ether oxygens (including phenoxy) is 1. The first-order chi connectivity index (χ1) is 11.9. The molecule has 0 spiro atoms. The lowest BCUT2D eigenvalue weighted by molar-refractivity contribution is -0.113. The van der Waals surface area contributed by atoms with Gasteiger partial charge in [0.1, 0.15) is 22.5 Å². The van der Waals surface area contributed by atoms with E-state index in [2.05, 4.69) is 14.1 Å². The number of hydrogen-bond donors (Lipinski definition) is 1. The molecule has 0 fully saturated rings. The van der Waals surface area contributed by atoms with Crippen molar-refractivity contribution in [1.82, 2.24) is 8.75 Å². The van der Waals surface area contributed by atoms with Crippen molar-refractivity contribution >= 4 is 44.2 Å². The van der Waals surface area contributed by atoms with Crippen LogP contribution in [0.2, 0.25) is 0 Å². The normalized spacial score (nSPS) is 11.4. The van der Waals surface area contributed by atoms with E-state index < -0.39 is 21.5 Å². The molecule has 3 rings (SSSR count). The summed E-state index contributed by atoms with van der Waals surface area (Å²) >= 11 is 0.930. The van der Waals surface area contributed by atoms with Gasteiger partial charge in [-0.2, -0.15) is 8.75 Å². The summed E-state index contributed by atoms with van der Waals surface area (Å²) < 4.78 is 38.4. The van der Waals surface area contributed by atoms with Gasteiger partial charge in [-0.25, -0.2) is 8.42 Å². The monoisotopic (exact) mass is 377 g/mol. The Hall–Kier alpha value is -2.52. The van der Waals surface area contributed by atoms with E-state index in [0.717, 1.165) is 17.3 Å². The summed E-state index contributed by atoms with van der Waals surface area (Å²) in [5, 5.41) is 2.59. The highest BCUT2D eigenvalue weighted by atomic mass is 32.2. The molecule has 0 bridgehead atoms. The highest BCUT2D eigenvalue weighted by Gasteiger charge is 2.23. The second-order valence-electron chi connectivity index (χ2n) is 5.40. The predicted molar refractivity (Wildman–Crippen MR) is 95.8 cm³/mol. The molecule has 3 aromatic rings. The van der Waals surface area contributed by atoms with Crippen LogP contribution in [0, 0.1) is 6.92 Å². The molecule has 1 heterocycles. The zero-order valence-electron chi connectivity index (χ0n) is 13.5. The van der Waals surface area contributed by atoms with E-state index in [0.29, 0.717) is 17.0 Å². The number of anilines is 1. The minimum Gasteiger partial charge on any atom is -0.495 e.